The van der Waals surface area contributed by atoms with Crippen LogP contribution in [-0.2, 0) is 13.1 Å². The van der Waals surface area contributed by atoms with Crippen LogP contribution in [0.25, 0.3) is 0 Å². The fraction of sp³-hybridized carbons (Fsp3) is 0.250. The molecule has 2 rings (SSSR count). The van der Waals surface area contributed by atoms with Crippen molar-refractivity contribution in [1.29, 1.82) is 5.26 Å². The molecule has 0 spiro atoms. The van der Waals surface area contributed by atoms with Gasteiger partial charge in [-0.1, -0.05) is 11.6 Å². The Hall–Kier alpha value is -2.06. The van der Waals surface area contributed by atoms with Crippen molar-refractivity contribution in [1.82, 2.24) is 14.8 Å². The molecule has 1 aromatic heterocycles. The van der Waals surface area contributed by atoms with Gasteiger partial charge in [-0.2, -0.15) is 10.4 Å². The van der Waals surface area contributed by atoms with Crippen LogP contribution in [0.2, 0.25) is 5.02 Å². The Morgan fingerprint density at radius 2 is 2.33 bits per heavy atom. The zero-order valence-electron chi connectivity index (χ0n) is 9.89. The summed E-state index contributed by atoms with van der Waals surface area (Å²) in [5, 5.41) is 16.7. The van der Waals surface area contributed by atoms with Gasteiger partial charge in [-0.25, -0.2) is 9.67 Å². The van der Waals surface area contributed by atoms with E-state index in [2.05, 4.69) is 21.5 Å². The van der Waals surface area contributed by atoms with Crippen LogP contribution < -0.4 is 5.32 Å². The first kappa shape index (κ1) is 12.4. The molecule has 5 nitrogen and oxygen atoms in total. The van der Waals surface area contributed by atoms with Crippen molar-refractivity contribution in [2.45, 2.75) is 20.0 Å². The fourth-order valence-electron chi connectivity index (χ4n) is 1.59. The van der Waals surface area contributed by atoms with Crippen LogP contribution in [0.4, 0.5) is 5.69 Å². The molecule has 2 aromatic rings. The molecule has 0 radical (unpaired) electrons. The molecule has 1 aromatic carbocycles. The van der Waals surface area contributed by atoms with Crippen LogP contribution >= 0.6 is 11.6 Å². The van der Waals surface area contributed by atoms with Gasteiger partial charge in [0, 0.05) is 6.54 Å². The van der Waals surface area contributed by atoms with E-state index < -0.39 is 0 Å². The molecule has 0 aliphatic heterocycles. The Labute approximate surface area is 110 Å². The third-order valence-electron chi connectivity index (χ3n) is 2.53. The zero-order chi connectivity index (χ0) is 13.0. The predicted octanol–water partition coefficient (Wildman–Crippen LogP) is 2.44. The summed E-state index contributed by atoms with van der Waals surface area (Å²) in [5.74, 6) is 0.830. The number of halogens is 1. The topological polar surface area (TPSA) is 66.5 Å². The van der Waals surface area contributed by atoms with Crippen LogP contribution in [0.3, 0.4) is 0 Å². The lowest BCUT2D eigenvalue weighted by Crippen LogP contribution is -2.09. The Morgan fingerprint density at radius 1 is 1.50 bits per heavy atom. The molecule has 0 amide bonds. The summed E-state index contributed by atoms with van der Waals surface area (Å²) in [6, 6.07) is 7.18. The number of nitrogens with zero attached hydrogens (tertiary/aromatic N) is 4. The molecule has 0 aliphatic rings. The van der Waals surface area contributed by atoms with E-state index in [1.54, 1.807) is 22.9 Å². The van der Waals surface area contributed by atoms with Crippen molar-refractivity contribution < 1.29 is 0 Å². The normalized spacial score (nSPS) is 10.1. The van der Waals surface area contributed by atoms with Gasteiger partial charge in [0.1, 0.15) is 12.2 Å². The first-order valence-corrected chi connectivity index (χ1v) is 5.92. The highest BCUT2D eigenvalue weighted by Crippen LogP contribution is 2.23. The molecule has 1 heterocycles. The van der Waals surface area contributed by atoms with Gasteiger partial charge >= 0.3 is 0 Å². The van der Waals surface area contributed by atoms with Crippen molar-refractivity contribution in [2.75, 3.05) is 5.32 Å². The summed E-state index contributed by atoms with van der Waals surface area (Å²) in [6.45, 7) is 3.28. The number of nitrogens with one attached hydrogen (secondary N) is 1. The molecular formula is C12H12ClN5. The highest BCUT2D eigenvalue weighted by atomic mass is 35.5. The van der Waals surface area contributed by atoms with E-state index >= 15 is 0 Å². The maximum absolute atomic E-state index is 8.84. The minimum atomic E-state index is 0.516. The van der Waals surface area contributed by atoms with Crippen molar-refractivity contribution in [3.8, 4) is 6.07 Å². The van der Waals surface area contributed by atoms with Crippen molar-refractivity contribution in [3.63, 3.8) is 0 Å². The fourth-order valence-corrected chi connectivity index (χ4v) is 1.78. The molecule has 0 fully saturated rings. The number of benzene rings is 1. The highest BCUT2D eigenvalue weighted by Gasteiger charge is 2.05. The van der Waals surface area contributed by atoms with Crippen molar-refractivity contribution in [3.05, 3.63) is 40.9 Å². The largest absolute Gasteiger partial charge is 0.377 e. The molecule has 1 N–H and O–H groups in total. The summed E-state index contributed by atoms with van der Waals surface area (Å²) in [6.07, 6.45) is 1.52. The third kappa shape index (κ3) is 2.60. The third-order valence-corrected chi connectivity index (χ3v) is 2.86. The Kier molecular flexibility index (Phi) is 3.80. The number of anilines is 1. The lowest BCUT2D eigenvalue weighted by molar-refractivity contribution is 0.622. The van der Waals surface area contributed by atoms with E-state index in [1.807, 2.05) is 6.92 Å². The SMILES string of the molecule is CCn1ncnc1CNc1cc(C#N)ccc1Cl. The number of hydrogen-bond donors (Lipinski definition) is 1. The summed E-state index contributed by atoms with van der Waals surface area (Å²) in [7, 11) is 0. The van der Waals surface area contributed by atoms with Gasteiger partial charge in [0.15, 0.2) is 0 Å². The predicted molar refractivity (Wildman–Crippen MR) is 69.2 cm³/mol. The Balaban J connectivity index is 2.13. The zero-order valence-corrected chi connectivity index (χ0v) is 10.6. The molecule has 0 unspecified atom stereocenters. The maximum atomic E-state index is 8.84. The van der Waals surface area contributed by atoms with Crippen molar-refractivity contribution >= 4 is 17.3 Å². The number of rotatable bonds is 4. The Morgan fingerprint density at radius 3 is 3.06 bits per heavy atom. The van der Waals surface area contributed by atoms with Crippen LogP contribution in [0.5, 0.6) is 0 Å². The van der Waals surface area contributed by atoms with Crippen LogP contribution in [0.1, 0.15) is 18.3 Å². The summed E-state index contributed by atoms with van der Waals surface area (Å²) < 4.78 is 1.80. The van der Waals surface area contributed by atoms with E-state index in [0.717, 1.165) is 18.1 Å². The van der Waals surface area contributed by atoms with E-state index in [9.17, 15) is 0 Å². The second-order valence-corrected chi connectivity index (χ2v) is 4.06. The second kappa shape index (κ2) is 5.52. The summed E-state index contributed by atoms with van der Waals surface area (Å²) in [4.78, 5) is 4.16. The standard InChI is InChI=1S/C12H12ClN5/c1-2-18-12(16-8-17-18)7-15-11-5-9(6-14)3-4-10(11)13/h3-5,8,15H,2,7H2,1H3. The van der Waals surface area contributed by atoms with Crippen LogP contribution in [0, 0.1) is 11.3 Å². The minimum absolute atomic E-state index is 0.516. The van der Waals surface area contributed by atoms with Crippen molar-refractivity contribution in [2.24, 2.45) is 0 Å². The molecule has 0 bridgehead atoms. The first-order valence-electron chi connectivity index (χ1n) is 5.54. The smallest absolute Gasteiger partial charge is 0.146 e. The first-order chi connectivity index (χ1) is 8.74. The average Bonchev–Trinajstić information content (AvgIpc) is 2.85. The molecular weight excluding hydrogens is 250 g/mol. The second-order valence-electron chi connectivity index (χ2n) is 3.65. The highest BCUT2D eigenvalue weighted by molar-refractivity contribution is 6.33. The van der Waals surface area contributed by atoms with Gasteiger partial charge in [-0.15, -0.1) is 0 Å². The number of aromatic nitrogens is 3. The van der Waals surface area contributed by atoms with Gasteiger partial charge < -0.3 is 5.32 Å². The van der Waals surface area contributed by atoms with Gasteiger partial charge in [0.25, 0.3) is 0 Å². The number of nitriles is 1. The van der Waals surface area contributed by atoms with E-state index in [4.69, 9.17) is 16.9 Å². The molecule has 0 saturated heterocycles. The molecule has 0 saturated carbocycles. The minimum Gasteiger partial charge on any atom is -0.377 e. The lowest BCUT2D eigenvalue weighted by atomic mass is 10.2. The number of hydrogen-bond acceptors (Lipinski definition) is 4. The van der Waals surface area contributed by atoms with Gasteiger partial charge in [-0.3, -0.25) is 0 Å². The number of aryl methyl sites for hydroxylation is 1. The molecule has 0 atom stereocenters. The average molecular weight is 262 g/mol. The van der Waals surface area contributed by atoms with E-state index in [0.29, 0.717) is 17.1 Å². The van der Waals surface area contributed by atoms with Gasteiger partial charge in [0.2, 0.25) is 0 Å². The summed E-state index contributed by atoms with van der Waals surface area (Å²) >= 11 is 6.05. The molecule has 18 heavy (non-hydrogen) atoms. The summed E-state index contributed by atoms with van der Waals surface area (Å²) in [5.41, 5.74) is 1.29. The molecule has 92 valence electrons. The maximum Gasteiger partial charge on any atom is 0.146 e. The lowest BCUT2D eigenvalue weighted by Gasteiger charge is -2.08. The van der Waals surface area contributed by atoms with Crippen LogP contribution in [0.15, 0.2) is 24.5 Å². The Bertz CT molecular complexity index is 584. The monoisotopic (exact) mass is 261 g/mol. The quantitative estimate of drug-likeness (QED) is 0.918. The van der Waals surface area contributed by atoms with E-state index in [-0.39, 0.29) is 0 Å². The van der Waals surface area contributed by atoms with E-state index in [1.165, 1.54) is 6.33 Å². The van der Waals surface area contributed by atoms with Crippen LogP contribution in [-0.4, -0.2) is 14.8 Å². The molecule has 6 heteroatoms. The molecule has 0 aliphatic carbocycles. The van der Waals surface area contributed by atoms with Gasteiger partial charge in [0.05, 0.1) is 28.9 Å². The van der Waals surface area contributed by atoms with Gasteiger partial charge in [-0.05, 0) is 25.1 Å².